The summed E-state index contributed by atoms with van der Waals surface area (Å²) in [6.45, 7) is 3.37. The third kappa shape index (κ3) is 5.62. The van der Waals surface area contributed by atoms with Gasteiger partial charge in [0.25, 0.3) is 0 Å². The summed E-state index contributed by atoms with van der Waals surface area (Å²) in [7, 11) is -3.51. The molecule has 1 N–H and O–H groups in total. The Morgan fingerprint density at radius 2 is 1.72 bits per heavy atom. The molecule has 0 radical (unpaired) electrons. The first-order chi connectivity index (χ1) is 13.9. The number of sulfonamides is 1. The van der Waals surface area contributed by atoms with Crippen molar-refractivity contribution in [1.82, 2.24) is 9.62 Å². The van der Waals surface area contributed by atoms with Gasteiger partial charge in [0.1, 0.15) is 5.82 Å². The van der Waals surface area contributed by atoms with Crippen molar-refractivity contribution in [2.24, 2.45) is 0 Å². The van der Waals surface area contributed by atoms with Crippen LogP contribution in [0.5, 0.6) is 0 Å². The highest BCUT2D eigenvalue weighted by molar-refractivity contribution is 7.89. The SMILES string of the molecule is CC(NC(=O)CCc1ccc(S(=O)(=O)N2CCOCC2)cc1)c1ccc(F)cc1. The second-order valence-corrected chi connectivity index (χ2v) is 8.94. The molecule has 0 saturated carbocycles. The number of halogens is 1. The highest BCUT2D eigenvalue weighted by Crippen LogP contribution is 2.18. The summed E-state index contributed by atoms with van der Waals surface area (Å²) in [5.74, 6) is -0.432. The summed E-state index contributed by atoms with van der Waals surface area (Å²) in [5.41, 5.74) is 1.72. The summed E-state index contributed by atoms with van der Waals surface area (Å²) >= 11 is 0. The van der Waals surface area contributed by atoms with Crippen molar-refractivity contribution >= 4 is 15.9 Å². The minimum absolute atomic E-state index is 0.119. The van der Waals surface area contributed by atoms with Crippen LogP contribution in [0.4, 0.5) is 4.39 Å². The number of benzene rings is 2. The number of hydrogen-bond acceptors (Lipinski definition) is 4. The summed E-state index contributed by atoms with van der Waals surface area (Å²) in [4.78, 5) is 12.4. The van der Waals surface area contributed by atoms with Gasteiger partial charge in [0.05, 0.1) is 24.2 Å². The van der Waals surface area contributed by atoms with Gasteiger partial charge in [-0.05, 0) is 48.7 Å². The van der Waals surface area contributed by atoms with Crippen molar-refractivity contribution in [2.45, 2.75) is 30.7 Å². The summed E-state index contributed by atoms with van der Waals surface area (Å²) in [5, 5.41) is 2.89. The molecule has 1 aliphatic rings. The highest BCUT2D eigenvalue weighted by atomic mass is 32.2. The number of nitrogens with one attached hydrogen (secondary N) is 1. The Labute approximate surface area is 170 Å². The summed E-state index contributed by atoms with van der Waals surface area (Å²) in [6, 6.07) is 12.5. The third-order valence-corrected chi connectivity index (χ3v) is 6.83. The maximum absolute atomic E-state index is 13.0. The van der Waals surface area contributed by atoms with Gasteiger partial charge in [0.2, 0.25) is 15.9 Å². The van der Waals surface area contributed by atoms with E-state index in [0.29, 0.717) is 32.7 Å². The molecule has 6 nitrogen and oxygen atoms in total. The van der Waals surface area contributed by atoms with Gasteiger partial charge in [-0.15, -0.1) is 0 Å². The van der Waals surface area contributed by atoms with E-state index in [1.54, 1.807) is 36.4 Å². The van der Waals surface area contributed by atoms with E-state index >= 15 is 0 Å². The molecule has 0 spiro atoms. The zero-order valence-corrected chi connectivity index (χ0v) is 17.1. The van der Waals surface area contributed by atoms with Crippen molar-refractivity contribution in [1.29, 1.82) is 0 Å². The minimum Gasteiger partial charge on any atom is -0.379 e. The molecule has 1 unspecified atom stereocenters. The lowest BCUT2D eigenvalue weighted by atomic mass is 10.1. The largest absolute Gasteiger partial charge is 0.379 e. The van der Waals surface area contributed by atoms with E-state index < -0.39 is 10.0 Å². The van der Waals surface area contributed by atoms with Crippen LogP contribution in [0.15, 0.2) is 53.4 Å². The van der Waals surface area contributed by atoms with E-state index in [0.717, 1.165) is 11.1 Å². The molecular weight excluding hydrogens is 395 g/mol. The van der Waals surface area contributed by atoms with Crippen LogP contribution in [0.1, 0.15) is 30.5 Å². The van der Waals surface area contributed by atoms with Gasteiger partial charge < -0.3 is 10.1 Å². The van der Waals surface area contributed by atoms with Gasteiger partial charge in [-0.1, -0.05) is 24.3 Å². The fourth-order valence-electron chi connectivity index (χ4n) is 3.17. The zero-order valence-electron chi connectivity index (χ0n) is 16.3. The maximum Gasteiger partial charge on any atom is 0.243 e. The number of morpholine rings is 1. The number of aryl methyl sites for hydroxylation is 1. The number of hydrogen-bond donors (Lipinski definition) is 1. The van der Waals surface area contributed by atoms with Gasteiger partial charge in [0.15, 0.2) is 0 Å². The van der Waals surface area contributed by atoms with E-state index in [4.69, 9.17) is 4.74 Å². The first-order valence-electron chi connectivity index (χ1n) is 9.58. The number of nitrogens with zero attached hydrogens (tertiary/aromatic N) is 1. The summed E-state index contributed by atoms with van der Waals surface area (Å²) in [6.07, 6.45) is 0.779. The molecular formula is C21H25FN2O4S. The normalized spacial score (nSPS) is 16.3. The Balaban J connectivity index is 1.53. The van der Waals surface area contributed by atoms with E-state index in [1.165, 1.54) is 16.4 Å². The number of carbonyl (C=O) groups is 1. The molecule has 29 heavy (non-hydrogen) atoms. The van der Waals surface area contributed by atoms with Gasteiger partial charge in [0, 0.05) is 19.5 Å². The van der Waals surface area contributed by atoms with Crippen LogP contribution in [0.3, 0.4) is 0 Å². The number of amides is 1. The van der Waals surface area contributed by atoms with Gasteiger partial charge in [-0.2, -0.15) is 4.31 Å². The van der Waals surface area contributed by atoms with Crippen molar-refractivity contribution in [2.75, 3.05) is 26.3 Å². The molecule has 0 aromatic heterocycles. The first kappa shape index (κ1) is 21.4. The molecule has 1 amide bonds. The van der Waals surface area contributed by atoms with Crippen LogP contribution < -0.4 is 5.32 Å². The lowest BCUT2D eigenvalue weighted by Gasteiger charge is -2.26. The fourth-order valence-corrected chi connectivity index (χ4v) is 4.58. The predicted octanol–water partition coefficient (Wildman–Crippen LogP) is 2.66. The molecule has 1 saturated heterocycles. The quantitative estimate of drug-likeness (QED) is 0.747. The average molecular weight is 421 g/mol. The van der Waals surface area contributed by atoms with Crippen LogP contribution >= 0.6 is 0 Å². The Bertz CT molecular complexity index is 924. The number of carbonyl (C=O) groups excluding carboxylic acids is 1. The van der Waals surface area contributed by atoms with Crippen LogP contribution in [0.2, 0.25) is 0 Å². The van der Waals surface area contributed by atoms with Gasteiger partial charge in [-0.3, -0.25) is 4.79 Å². The third-order valence-electron chi connectivity index (χ3n) is 4.92. The maximum atomic E-state index is 13.0. The van der Waals surface area contributed by atoms with Gasteiger partial charge >= 0.3 is 0 Å². The molecule has 3 rings (SSSR count). The van der Waals surface area contributed by atoms with E-state index in [2.05, 4.69) is 5.32 Å². The number of ether oxygens (including phenoxy) is 1. The molecule has 2 aromatic rings. The summed E-state index contributed by atoms with van der Waals surface area (Å²) < 4.78 is 44.9. The lowest BCUT2D eigenvalue weighted by Crippen LogP contribution is -2.40. The van der Waals surface area contributed by atoms with Gasteiger partial charge in [-0.25, -0.2) is 12.8 Å². The van der Waals surface area contributed by atoms with Crippen molar-refractivity contribution in [3.8, 4) is 0 Å². The molecule has 2 aromatic carbocycles. The Kier molecular flexibility index (Phi) is 7.00. The highest BCUT2D eigenvalue weighted by Gasteiger charge is 2.26. The second-order valence-electron chi connectivity index (χ2n) is 7.00. The smallest absolute Gasteiger partial charge is 0.243 e. The second kappa shape index (κ2) is 9.47. The van der Waals surface area contributed by atoms with Crippen LogP contribution in [0.25, 0.3) is 0 Å². The predicted molar refractivity (Wildman–Crippen MR) is 107 cm³/mol. The Morgan fingerprint density at radius 1 is 1.10 bits per heavy atom. The monoisotopic (exact) mass is 420 g/mol. The molecule has 1 heterocycles. The first-order valence-corrected chi connectivity index (χ1v) is 11.0. The fraction of sp³-hybridized carbons (Fsp3) is 0.381. The van der Waals surface area contributed by atoms with Crippen molar-refractivity contribution in [3.05, 3.63) is 65.5 Å². The molecule has 8 heteroatoms. The lowest BCUT2D eigenvalue weighted by molar-refractivity contribution is -0.121. The Morgan fingerprint density at radius 3 is 2.34 bits per heavy atom. The van der Waals surface area contributed by atoms with E-state index in [1.807, 2.05) is 6.92 Å². The van der Waals surface area contributed by atoms with Crippen LogP contribution in [-0.2, 0) is 26.0 Å². The molecule has 156 valence electrons. The van der Waals surface area contributed by atoms with Crippen molar-refractivity contribution in [3.63, 3.8) is 0 Å². The van der Waals surface area contributed by atoms with Crippen LogP contribution in [-0.4, -0.2) is 44.9 Å². The molecule has 0 aliphatic carbocycles. The molecule has 1 fully saturated rings. The van der Waals surface area contributed by atoms with E-state index in [-0.39, 0.29) is 29.1 Å². The van der Waals surface area contributed by atoms with Crippen LogP contribution in [0, 0.1) is 5.82 Å². The van der Waals surface area contributed by atoms with E-state index in [9.17, 15) is 17.6 Å². The standard InChI is InChI=1S/C21H25FN2O4S/c1-16(18-5-7-19(22)8-6-18)23-21(25)11-4-17-2-9-20(10-3-17)29(26,27)24-12-14-28-15-13-24/h2-3,5-10,16H,4,11-15H2,1H3,(H,23,25). The topological polar surface area (TPSA) is 75.7 Å². The van der Waals surface area contributed by atoms with Crippen molar-refractivity contribution < 1.29 is 22.3 Å². The molecule has 1 aliphatic heterocycles. The average Bonchev–Trinajstić information content (AvgIpc) is 2.73. The number of rotatable bonds is 7. The minimum atomic E-state index is -3.51. The molecule has 1 atom stereocenters. The molecule has 0 bridgehead atoms. The zero-order chi connectivity index (χ0) is 20.9. The Hall–Kier alpha value is -2.29.